The van der Waals surface area contributed by atoms with Crippen LogP contribution in [0, 0.1) is 0 Å². The Hall–Kier alpha value is -1.20. The van der Waals surface area contributed by atoms with Gasteiger partial charge < -0.3 is 5.32 Å². The number of rotatable bonds is 6. The van der Waals surface area contributed by atoms with Crippen LogP contribution in [0.1, 0.15) is 30.8 Å². The Bertz CT molecular complexity index is 435. The highest BCUT2D eigenvalue weighted by atomic mass is 32.1. The zero-order valence-electron chi connectivity index (χ0n) is 10.3. The summed E-state index contributed by atoms with van der Waals surface area (Å²) in [6.45, 7) is 3.21. The number of thiophene rings is 1. The van der Waals surface area contributed by atoms with Crippen LogP contribution in [0.4, 0.5) is 0 Å². The predicted octanol–water partition coefficient (Wildman–Crippen LogP) is 2.16. The molecule has 0 aliphatic heterocycles. The Morgan fingerprint density at radius 2 is 2.41 bits per heavy atom. The molecule has 0 fully saturated rings. The average molecular weight is 250 g/mol. The topological polar surface area (TPSA) is 42.7 Å². The van der Waals surface area contributed by atoms with Crippen molar-refractivity contribution in [2.45, 2.75) is 25.8 Å². The molecular formula is C12H18N4S. The molecule has 0 aliphatic rings. The van der Waals surface area contributed by atoms with E-state index in [1.54, 1.807) is 17.7 Å². The van der Waals surface area contributed by atoms with Gasteiger partial charge >= 0.3 is 0 Å². The largest absolute Gasteiger partial charge is 0.310 e. The van der Waals surface area contributed by atoms with Crippen LogP contribution in [0.5, 0.6) is 0 Å². The van der Waals surface area contributed by atoms with Crippen LogP contribution in [0.2, 0.25) is 0 Å². The standard InChI is InChI=1S/C12H18N4S/c1-3-5-13-11(10-4-6-17-8-10)7-12-14-9-15-16(12)2/h4,6,8-9,11,13H,3,5,7H2,1-2H3. The molecule has 1 atom stereocenters. The second-order valence-electron chi connectivity index (χ2n) is 4.07. The zero-order valence-corrected chi connectivity index (χ0v) is 11.1. The lowest BCUT2D eigenvalue weighted by Crippen LogP contribution is -2.24. The summed E-state index contributed by atoms with van der Waals surface area (Å²) in [5.74, 6) is 1.02. The summed E-state index contributed by atoms with van der Waals surface area (Å²) in [6, 6.07) is 2.51. The van der Waals surface area contributed by atoms with E-state index in [1.165, 1.54) is 5.56 Å². The highest BCUT2D eigenvalue weighted by molar-refractivity contribution is 7.07. The van der Waals surface area contributed by atoms with Crippen molar-refractivity contribution in [1.82, 2.24) is 20.1 Å². The Morgan fingerprint density at radius 1 is 1.53 bits per heavy atom. The number of nitrogens with one attached hydrogen (secondary N) is 1. The van der Waals surface area contributed by atoms with Gasteiger partial charge in [0.05, 0.1) is 0 Å². The lowest BCUT2D eigenvalue weighted by Gasteiger charge is -2.16. The molecule has 0 radical (unpaired) electrons. The van der Waals surface area contributed by atoms with E-state index in [2.05, 4.69) is 39.1 Å². The number of hydrogen-bond acceptors (Lipinski definition) is 4. The second kappa shape index (κ2) is 5.93. The van der Waals surface area contributed by atoms with Crippen LogP contribution >= 0.6 is 11.3 Å². The van der Waals surface area contributed by atoms with E-state index in [1.807, 2.05) is 11.7 Å². The van der Waals surface area contributed by atoms with Gasteiger partial charge in [0, 0.05) is 19.5 Å². The van der Waals surface area contributed by atoms with Crippen molar-refractivity contribution in [2.24, 2.45) is 7.05 Å². The number of aromatic nitrogens is 3. The molecule has 0 aromatic carbocycles. The maximum atomic E-state index is 4.29. The third-order valence-corrected chi connectivity index (χ3v) is 3.48. The maximum absolute atomic E-state index is 4.29. The number of aryl methyl sites for hydroxylation is 1. The molecule has 0 saturated carbocycles. The van der Waals surface area contributed by atoms with Gasteiger partial charge in [-0.15, -0.1) is 0 Å². The summed E-state index contributed by atoms with van der Waals surface area (Å²) in [6.07, 6.45) is 3.63. The maximum Gasteiger partial charge on any atom is 0.138 e. The van der Waals surface area contributed by atoms with Crippen LogP contribution in [0.3, 0.4) is 0 Å². The summed E-state index contributed by atoms with van der Waals surface area (Å²) in [5.41, 5.74) is 1.34. The lowest BCUT2D eigenvalue weighted by atomic mass is 10.1. The highest BCUT2D eigenvalue weighted by Crippen LogP contribution is 2.19. The normalized spacial score (nSPS) is 12.8. The summed E-state index contributed by atoms with van der Waals surface area (Å²) in [7, 11) is 1.94. The third-order valence-electron chi connectivity index (χ3n) is 2.78. The van der Waals surface area contributed by atoms with Crippen molar-refractivity contribution in [1.29, 1.82) is 0 Å². The summed E-state index contributed by atoms with van der Waals surface area (Å²) >= 11 is 1.74. The minimum Gasteiger partial charge on any atom is -0.310 e. The zero-order chi connectivity index (χ0) is 12.1. The first-order valence-electron chi connectivity index (χ1n) is 5.89. The molecule has 0 aliphatic carbocycles. The molecule has 2 aromatic heterocycles. The molecule has 1 unspecified atom stereocenters. The van der Waals surface area contributed by atoms with Gasteiger partial charge in [0.15, 0.2) is 0 Å². The minimum absolute atomic E-state index is 0.337. The van der Waals surface area contributed by atoms with E-state index in [4.69, 9.17) is 0 Å². The second-order valence-corrected chi connectivity index (χ2v) is 4.85. The van der Waals surface area contributed by atoms with Crippen molar-refractivity contribution in [3.05, 3.63) is 34.5 Å². The molecule has 2 aromatic rings. The van der Waals surface area contributed by atoms with E-state index in [9.17, 15) is 0 Å². The summed E-state index contributed by atoms with van der Waals surface area (Å²) in [4.78, 5) is 4.29. The SMILES string of the molecule is CCCNC(Cc1ncnn1C)c1ccsc1. The van der Waals surface area contributed by atoms with Crippen LogP contribution in [0.15, 0.2) is 23.2 Å². The summed E-state index contributed by atoms with van der Waals surface area (Å²) in [5, 5.41) is 12.0. The number of hydrogen-bond donors (Lipinski definition) is 1. The molecule has 92 valence electrons. The van der Waals surface area contributed by atoms with Crippen LogP contribution in [0.25, 0.3) is 0 Å². The average Bonchev–Trinajstić information content (AvgIpc) is 2.96. The van der Waals surface area contributed by atoms with Crippen LogP contribution < -0.4 is 5.32 Å². The van der Waals surface area contributed by atoms with Crippen molar-refractivity contribution in [3.63, 3.8) is 0 Å². The van der Waals surface area contributed by atoms with E-state index >= 15 is 0 Å². The first-order chi connectivity index (χ1) is 8.31. The molecule has 4 nitrogen and oxygen atoms in total. The van der Waals surface area contributed by atoms with Gasteiger partial charge in [-0.1, -0.05) is 6.92 Å². The fourth-order valence-electron chi connectivity index (χ4n) is 1.79. The van der Waals surface area contributed by atoms with Gasteiger partial charge in [0.1, 0.15) is 12.2 Å². The van der Waals surface area contributed by atoms with Gasteiger partial charge in [-0.25, -0.2) is 4.98 Å². The predicted molar refractivity (Wildman–Crippen MR) is 70.1 cm³/mol. The van der Waals surface area contributed by atoms with Crippen LogP contribution in [-0.4, -0.2) is 21.3 Å². The van der Waals surface area contributed by atoms with Crippen molar-refractivity contribution in [2.75, 3.05) is 6.54 Å². The van der Waals surface area contributed by atoms with Gasteiger partial charge in [-0.05, 0) is 35.4 Å². The molecule has 0 amide bonds. The Balaban J connectivity index is 2.08. The fourth-order valence-corrected chi connectivity index (χ4v) is 2.50. The molecule has 17 heavy (non-hydrogen) atoms. The first-order valence-corrected chi connectivity index (χ1v) is 6.84. The molecule has 2 heterocycles. The smallest absolute Gasteiger partial charge is 0.138 e. The fraction of sp³-hybridized carbons (Fsp3) is 0.500. The van der Waals surface area contributed by atoms with Crippen LogP contribution in [-0.2, 0) is 13.5 Å². The van der Waals surface area contributed by atoms with E-state index in [0.717, 1.165) is 25.2 Å². The lowest BCUT2D eigenvalue weighted by molar-refractivity contribution is 0.507. The van der Waals surface area contributed by atoms with E-state index in [0.29, 0.717) is 6.04 Å². The van der Waals surface area contributed by atoms with Crippen molar-refractivity contribution in [3.8, 4) is 0 Å². The molecule has 5 heteroatoms. The Kier molecular flexibility index (Phi) is 4.28. The van der Waals surface area contributed by atoms with Crippen molar-refractivity contribution < 1.29 is 0 Å². The molecule has 1 N–H and O–H groups in total. The molecular weight excluding hydrogens is 232 g/mol. The first kappa shape index (κ1) is 12.3. The van der Waals surface area contributed by atoms with Gasteiger partial charge in [0.25, 0.3) is 0 Å². The summed E-state index contributed by atoms with van der Waals surface area (Å²) < 4.78 is 1.84. The van der Waals surface area contributed by atoms with E-state index < -0.39 is 0 Å². The Morgan fingerprint density at radius 3 is 3.00 bits per heavy atom. The van der Waals surface area contributed by atoms with Gasteiger partial charge in [0.2, 0.25) is 0 Å². The molecule has 2 rings (SSSR count). The monoisotopic (exact) mass is 250 g/mol. The molecule has 0 bridgehead atoms. The quantitative estimate of drug-likeness (QED) is 0.854. The van der Waals surface area contributed by atoms with Crippen molar-refractivity contribution >= 4 is 11.3 Å². The number of nitrogens with zero attached hydrogens (tertiary/aromatic N) is 3. The Labute approximate surface area is 106 Å². The third kappa shape index (κ3) is 3.14. The minimum atomic E-state index is 0.337. The molecule has 0 spiro atoms. The van der Waals surface area contributed by atoms with Gasteiger partial charge in [-0.3, -0.25) is 4.68 Å². The molecule has 0 saturated heterocycles. The van der Waals surface area contributed by atoms with E-state index in [-0.39, 0.29) is 0 Å². The highest BCUT2D eigenvalue weighted by Gasteiger charge is 2.14. The van der Waals surface area contributed by atoms with Gasteiger partial charge in [-0.2, -0.15) is 16.4 Å².